The minimum Gasteiger partial charge on any atom is -0.373 e. The van der Waals surface area contributed by atoms with Gasteiger partial charge in [-0.3, -0.25) is 14.4 Å². The van der Waals surface area contributed by atoms with Gasteiger partial charge in [-0.1, -0.05) is 25.7 Å². The van der Waals surface area contributed by atoms with Gasteiger partial charge >= 0.3 is 0 Å². The van der Waals surface area contributed by atoms with E-state index in [0.717, 1.165) is 76.2 Å². The number of hydrogen-bond acceptors (Lipinski definition) is 5. The maximum atomic E-state index is 13.6. The standard InChI is InChI=1S/C24H30N2O4S/c27-21(25-13-7-3-1-4-8-13)18-14-9-5-2-6-10-17(14)31-24(18)26-22(28)19-15-11-12-16(30-15)20(19)23(26)29/h13,15-16,19-20H,1-12H2,(H,25,27)/t15-,16+,19-,20-/m0/s1. The molecule has 3 saturated heterocycles. The minimum atomic E-state index is -0.359. The van der Waals surface area contributed by atoms with Crippen molar-refractivity contribution in [2.45, 2.75) is 95.3 Å². The van der Waals surface area contributed by atoms with Crippen molar-refractivity contribution in [2.24, 2.45) is 11.8 Å². The summed E-state index contributed by atoms with van der Waals surface area (Å²) in [6.45, 7) is 0. The molecule has 0 radical (unpaired) electrons. The number of imide groups is 1. The van der Waals surface area contributed by atoms with Crippen LogP contribution in [0.5, 0.6) is 0 Å². The first-order chi connectivity index (χ1) is 15.1. The van der Waals surface area contributed by atoms with Gasteiger partial charge in [0, 0.05) is 10.9 Å². The van der Waals surface area contributed by atoms with Crippen LogP contribution < -0.4 is 10.2 Å². The molecule has 31 heavy (non-hydrogen) atoms. The molecule has 3 aliphatic heterocycles. The van der Waals surface area contributed by atoms with Crippen molar-refractivity contribution in [3.8, 4) is 0 Å². The highest BCUT2D eigenvalue weighted by Crippen LogP contribution is 2.51. The Balaban J connectivity index is 1.38. The molecule has 0 spiro atoms. The number of carbonyl (C=O) groups is 3. The van der Waals surface area contributed by atoms with E-state index in [1.165, 1.54) is 27.5 Å². The number of anilines is 1. The molecule has 4 heterocycles. The van der Waals surface area contributed by atoms with Crippen molar-refractivity contribution in [1.82, 2.24) is 5.32 Å². The second-order valence-electron chi connectivity index (χ2n) is 9.91. The number of nitrogens with one attached hydrogen (secondary N) is 1. The summed E-state index contributed by atoms with van der Waals surface area (Å²) in [5.74, 6) is -1.10. The van der Waals surface area contributed by atoms with Crippen molar-refractivity contribution in [2.75, 3.05) is 4.90 Å². The summed E-state index contributed by atoms with van der Waals surface area (Å²) >= 11 is 1.51. The summed E-state index contributed by atoms with van der Waals surface area (Å²) in [5.41, 5.74) is 1.70. The quantitative estimate of drug-likeness (QED) is 0.571. The highest BCUT2D eigenvalue weighted by Gasteiger charge is 2.63. The Hall–Kier alpha value is -1.73. The van der Waals surface area contributed by atoms with Crippen molar-refractivity contribution in [3.05, 3.63) is 16.0 Å². The van der Waals surface area contributed by atoms with Gasteiger partial charge in [-0.2, -0.15) is 0 Å². The number of nitrogens with zero attached hydrogens (tertiary/aromatic N) is 1. The molecule has 166 valence electrons. The molecule has 5 aliphatic rings. The molecule has 1 N–H and O–H groups in total. The van der Waals surface area contributed by atoms with E-state index in [1.807, 2.05) is 0 Å². The van der Waals surface area contributed by atoms with Gasteiger partial charge in [-0.15, -0.1) is 11.3 Å². The van der Waals surface area contributed by atoms with Crippen LogP contribution in [0.4, 0.5) is 5.00 Å². The van der Waals surface area contributed by atoms with E-state index in [1.54, 1.807) is 0 Å². The lowest BCUT2D eigenvalue weighted by molar-refractivity contribution is -0.124. The number of hydrogen-bond donors (Lipinski definition) is 1. The zero-order valence-corrected chi connectivity index (χ0v) is 18.7. The lowest BCUT2D eigenvalue weighted by atomic mass is 9.81. The SMILES string of the molecule is O=C(NC1CCCCC1)c1c(N2C(=O)[C@@H]3[C@@H](C2=O)[C@H]2CC[C@@H]3O2)sc2c1CCCCC2. The Morgan fingerprint density at radius 1 is 0.871 bits per heavy atom. The Labute approximate surface area is 186 Å². The Morgan fingerprint density at radius 3 is 2.23 bits per heavy atom. The van der Waals surface area contributed by atoms with Crippen LogP contribution in [0, 0.1) is 11.8 Å². The number of rotatable bonds is 3. The molecule has 0 aromatic carbocycles. The highest BCUT2D eigenvalue weighted by atomic mass is 32.1. The lowest BCUT2D eigenvalue weighted by Gasteiger charge is -2.24. The molecule has 3 amide bonds. The van der Waals surface area contributed by atoms with E-state index < -0.39 is 0 Å². The molecule has 1 aromatic rings. The first kappa shape index (κ1) is 19.9. The third-order valence-corrected chi connectivity index (χ3v) is 9.33. The fourth-order valence-corrected chi connectivity index (χ4v) is 7.93. The summed E-state index contributed by atoms with van der Waals surface area (Å²) in [7, 11) is 0. The van der Waals surface area contributed by atoms with E-state index in [9.17, 15) is 14.4 Å². The van der Waals surface area contributed by atoms with Gasteiger partial charge in [-0.25, -0.2) is 4.90 Å². The molecular formula is C24H30N2O4S. The van der Waals surface area contributed by atoms with Crippen LogP contribution in [0.3, 0.4) is 0 Å². The summed E-state index contributed by atoms with van der Waals surface area (Å²) in [6.07, 6.45) is 12.1. The first-order valence-corrected chi connectivity index (χ1v) is 12.9. The van der Waals surface area contributed by atoms with Crippen LogP contribution in [0.15, 0.2) is 0 Å². The topological polar surface area (TPSA) is 75.7 Å². The van der Waals surface area contributed by atoms with Crippen LogP contribution in [0.2, 0.25) is 0 Å². The summed E-state index contributed by atoms with van der Waals surface area (Å²) in [6, 6.07) is 0.198. The van der Waals surface area contributed by atoms with E-state index >= 15 is 0 Å². The predicted octanol–water partition coefficient (Wildman–Crippen LogP) is 3.75. The average Bonchev–Trinajstić information content (AvgIpc) is 3.48. The summed E-state index contributed by atoms with van der Waals surface area (Å²) < 4.78 is 5.90. The second kappa shape index (κ2) is 7.69. The van der Waals surface area contributed by atoms with Gasteiger partial charge < -0.3 is 10.1 Å². The van der Waals surface area contributed by atoms with Crippen LogP contribution in [-0.2, 0) is 27.2 Å². The number of ether oxygens (including phenoxy) is 1. The average molecular weight is 443 g/mol. The van der Waals surface area contributed by atoms with E-state index in [-0.39, 0.29) is 47.8 Å². The van der Waals surface area contributed by atoms with E-state index in [0.29, 0.717) is 10.6 Å². The first-order valence-electron chi connectivity index (χ1n) is 12.1. The molecule has 6 rings (SSSR count). The Kier molecular flexibility index (Phi) is 4.94. The molecule has 2 aliphatic carbocycles. The molecule has 1 saturated carbocycles. The largest absolute Gasteiger partial charge is 0.373 e. The molecule has 4 atom stereocenters. The Bertz CT molecular complexity index is 906. The Morgan fingerprint density at radius 2 is 1.52 bits per heavy atom. The van der Waals surface area contributed by atoms with Gasteiger partial charge in [0.1, 0.15) is 5.00 Å². The lowest BCUT2D eigenvalue weighted by Crippen LogP contribution is -2.39. The molecule has 6 nitrogen and oxygen atoms in total. The molecule has 0 unspecified atom stereocenters. The van der Waals surface area contributed by atoms with Crippen molar-refractivity contribution in [1.29, 1.82) is 0 Å². The summed E-state index contributed by atoms with van der Waals surface area (Å²) in [5, 5.41) is 3.85. The van der Waals surface area contributed by atoms with Gasteiger partial charge in [0.15, 0.2) is 0 Å². The zero-order valence-electron chi connectivity index (χ0n) is 17.9. The number of carbonyl (C=O) groups excluding carboxylic acids is 3. The molecule has 1 aromatic heterocycles. The van der Waals surface area contributed by atoms with Gasteiger partial charge in [-0.05, 0) is 56.9 Å². The normalized spacial score (nSPS) is 32.8. The van der Waals surface area contributed by atoms with Gasteiger partial charge in [0.05, 0.1) is 29.6 Å². The fraction of sp³-hybridized carbons (Fsp3) is 0.708. The zero-order chi connectivity index (χ0) is 21.1. The van der Waals surface area contributed by atoms with Crippen LogP contribution in [0.25, 0.3) is 0 Å². The maximum absolute atomic E-state index is 13.6. The highest BCUT2D eigenvalue weighted by molar-refractivity contribution is 7.17. The number of aryl methyl sites for hydroxylation is 1. The third kappa shape index (κ3) is 3.10. The van der Waals surface area contributed by atoms with Gasteiger partial charge in [0.2, 0.25) is 11.8 Å². The van der Waals surface area contributed by atoms with E-state index in [2.05, 4.69) is 5.32 Å². The molecule has 7 heteroatoms. The molecule has 4 fully saturated rings. The second-order valence-corrected chi connectivity index (χ2v) is 11.0. The van der Waals surface area contributed by atoms with Crippen molar-refractivity contribution >= 4 is 34.1 Å². The number of thiophene rings is 1. The van der Waals surface area contributed by atoms with E-state index in [4.69, 9.17) is 4.74 Å². The predicted molar refractivity (Wildman–Crippen MR) is 117 cm³/mol. The van der Waals surface area contributed by atoms with Crippen LogP contribution in [0.1, 0.15) is 85.0 Å². The van der Waals surface area contributed by atoms with Gasteiger partial charge in [0.25, 0.3) is 5.91 Å². The van der Waals surface area contributed by atoms with Crippen LogP contribution >= 0.6 is 11.3 Å². The molecular weight excluding hydrogens is 412 g/mol. The number of amides is 3. The minimum absolute atomic E-state index is 0.0850. The smallest absolute Gasteiger partial charge is 0.254 e. The monoisotopic (exact) mass is 442 g/mol. The maximum Gasteiger partial charge on any atom is 0.254 e. The third-order valence-electron chi connectivity index (χ3n) is 8.06. The van der Waals surface area contributed by atoms with Crippen molar-refractivity contribution in [3.63, 3.8) is 0 Å². The molecule has 2 bridgehead atoms. The fourth-order valence-electron chi connectivity index (χ4n) is 6.54. The van der Waals surface area contributed by atoms with Crippen molar-refractivity contribution < 1.29 is 19.1 Å². The van der Waals surface area contributed by atoms with Crippen LogP contribution in [-0.4, -0.2) is 36.0 Å². The summed E-state index contributed by atoms with van der Waals surface area (Å²) in [4.78, 5) is 43.0. The number of fused-ring (bicyclic) bond motifs is 6.